The van der Waals surface area contributed by atoms with Crippen molar-refractivity contribution in [1.82, 2.24) is 9.97 Å². The first-order valence-electron chi connectivity index (χ1n) is 3.95. The van der Waals surface area contributed by atoms with Crippen LogP contribution in [-0.2, 0) is 9.05 Å². The fourth-order valence-corrected chi connectivity index (χ4v) is 2.32. The van der Waals surface area contributed by atoms with Crippen LogP contribution < -0.4 is 0 Å². The molecule has 1 saturated carbocycles. The normalized spacial score (nSPS) is 17.0. The largest absolute Gasteiger partial charge is 0.280 e. The summed E-state index contributed by atoms with van der Waals surface area (Å²) in [5.41, 5.74) is 0.396. The molecule has 4 nitrogen and oxygen atoms in total. The molecule has 76 valence electrons. The third-order valence-electron chi connectivity index (χ3n) is 1.93. The Morgan fingerprint density at radius 1 is 1.43 bits per heavy atom. The molecule has 1 aliphatic carbocycles. The van der Waals surface area contributed by atoms with E-state index < -0.39 is 9.05 Å². The van der Waals surface area contributed by atoms with Crippen LogP contribution in [-0.4, -0.2) is 18.4 Å². The Morgan fingerprint density at radius 3 is 2.57 bits per heavy atom. The molecule has 0 saturated heterocycles. The molecule has 1 fully saturated rings. The molecule has 0 spiro atoms. The first-order valence-corrected chi connectivity index (χ1v) is 6.64. The van der Waals surface area contributed by atoms with Crippen LogP contribution in [0, 0.1) is 0 Å². The maximum absolute atomic E-state index is 11.1. The van der Waals surface area contributed by atoms with Crippen LogP contribution in [0.2, 0.25) is 5.15 Å². The Kier molecular flexibility index (Phi) is 2.41. The molecule has 0 bridgehead atoms. The zero-order chi connectivity index (χ0) is 10.3. The minimum atomic E-state index is -3.82. The summed E-state index contributed by atoms with van der Waals surface area (Å²) in [6.07, 6.45) is 3.01. The van der Waals surface area contributed by atoms with E-state index in [-0.39, 0.29) is 16.1 Å². The van der Waals surface area contributed by atoms with Crippen molar-refractivity contribution >= 4 is 31.3 Å². The lowest BCUT2D eigenvalue weighted by molar-refractivity contribution is 0.603. The van der Waals surface area contributed by atoms with Crippen molar-refractivity contribution in [2.24, 2.45) is 0 Å². The SMILES string of the molecule is O=S(=O)(Cl)c1ncc(Cl)nc1C1CC1. The van der Waals surface area contributed by atoms with Crippen LogP contribution in [0.15, 0.2) is 11.2 Å². The van der Waals surface area contributed by atoms with Gasteiger partial charge in [0.2, 0.25) is 0 Å². The highest BCUT2D eigenvalue weighted by atomic mass is 35.7. The van der Waals surface area contributed by atoms with E-state index in [1.54, 1.807) is 0 Å². The Labute approximate surface area is 90.7 Å². The van der Waals surface area contributed by atoms with Gasteiger partial charge in [-0.25, -0.2) is 18.4 Å². The molecule has 1 aromatic rings. The molecule has 1 heterocycles. The van der Waals surface area contributed by atoms with Crippen molar-refractivity contribution in [2.45, 2.75) is 23.8 Å². The average Bonchev–Trinajstić information content (AvgIpc) is 2.83. The summed E-state index contributed by atoms with van der Waals surface area (Å²) >= 11 is 5.63. The van der Waals surface area contributed by atoms with Crippen molar-refractivity contribution in [3.05, 3.63) is 17.0 Å². The van der Waals surface area contributed by atoms with Gasteiger partial charge in [-0.15, -0.1) is 0 Å². The number of hydrogen-bond acceptors (Lipinski definition) is 4. The van der Waals surface area contributed by atoms with Crippen LogP contribution in [0.1, 0.15) is 24.5 Å². The van der Waals surface area contributed by atoms with Gasteiger partial charge in [0.05, 0.1) is 11.9 Å². The van der Waals surface area contributed by atoms with E-state index >= 15 is 0 Å². The van der Waals surface area contributed by atoms with E-state index in [0.717, 1.165) is 12.8 Å². The molecule has 0 amide bonds. The van der Waals surface area contributed by atoms with Crippen LogP contribution in [0.4, 0.5) is 0 Å². The molecule has 7 heteroatoms. The highest BCUT2D eigenvalue weighted by Crippen LogP contribution is 2.42. The Hall–Kier alpha value is -0.390. The molecule has 0 unspecified atom stereocenters. The predicted octanol–water partition coefficient (Wildman–Crippen LogP) is 1.93. The summed E-state index contributed by atoms with van der Waals surface area (Å²) in [6.45, 7) is 0. The standard InChI is InChI=1S/C7H6Cl2N2O2S/c8-5-3-10-7(14(9,12)13)6(11-5)4-1-2-4/h3-4H,1-2H2. The summed E-state index contributed by atoms with van der Waals surface area (Å²) < 4.78 is 22.2. The molecule has 14 heavy (non-hydrogen) atoms. The molecular formula is C7H6Cl2N2O2S. The summed E-state index contributed by atoms with van der Waals surface area (Å²) in [5, 5.41) is 0.0297. The van der Waals surface area contributed by atoms with Crippen LogP contribution in [0.3, 0.4) is 0 Å². The molecule has 0 aliphatic heterocycles. The second-order valence-corrected chi connectivity index (χ2v) is 5.96. The van der Waals surface area contributed by atoms with Gasteiger partial charge in [0.15, 0.2) is 5.03 Å². The minimum Gasteiger partial charge on any atom is -0.239 e. The average molecular weight is 253 g/mol. The first-order chi connectivity index (χ1) is 6.48. The number of aromatic nitrogens is 2. The van der Waals surface area contributed by atoms with Gasteiger partial charge in [0, 0.05) is 16.6 Å². The quantitative estimate of drug-likeness (QED) is 0.755. The van der Waals surface area contributed by atoms with Crippen molar-refractivity contribution in [2.75, 3.05) is 0 Å². The maximum Gasteiger partial charge on any atom is 0.280 e. The molecular weight excluding hydrogens is 247 g/mol. The molecule has 0 radical (unpaired) electrons. The van der Waals surface area contributed by atoms with Gasteiger partial charge in [0.1, 0.15) is 5.15 Å². The number of rotatable bonds is 2. The minimum absolute atomic E-state index is 0.143. The van der Waals surface area contributed by atoms with Crippen molar-refractivity contribution < 1.29 is 8.42 Å². The fourth-order valence-electron chi connectivity index (χ4n) is 1.18. The van der Waals surface area contributed by atoms with Crippen molar-refractivity contribution in [3.63, 3.8) is 0 Å². The summed E-state index contributed by atoms with van der Waals surface area (Å²) in [4.78, 5) is 7.64. The third-order valence-corrected chi connectivity index (χ3v) is 3.33. The number of hydrogen-bond donors (Lipinski definition) is 0. The zero-order valence-electron chi connectivity index (χ0n) is 6.94. The predicted molar refractivity (Wildman–Crippen MR) is 52.1 cm³/mol. The van der Waals surface area contributed by atoms with E-state index in [1.165, 1.54) is 6.20 Å². The van der Waals surface area contributed by atoms with E-state index in [2.05, 4.69) is 9.97 Å². The molecule has 1 aromatic heterocycles. The second-order valence-electron chi connectivity index (χ2n) is 3.10. The van der Waals surface area contributed by atoms with Gasteiger partial charge in [-0.2, -0.15) is 0 Å². The topological polar surface area (TPSA) is 59.9 Å². The van der Waals surface area contributed by atoms with Gasteiger partial charge in [-0.1, -0.05) is 11.6 Å². The van der Waals surface area contributed by atoms with Crippen LogP contribution in [0.25, 0.3) is 0 Å². The Morgan fingerprint density at radius 2 is 2.07 bits per heavy atom. The smallest absolute Gasteiger partial charge is 0.239 e. The number of nitrogens with zero attached hydrogens (tertiary/aromatic N) is 2. The van der Waals surface area contributed by atoms with E-state index in [1.807, 2.05) is 0 Å². The molecule has 0 N–H and O–H groups in total. The van der Waals surface area contributed by atoms with Crippen LogP contribution >= 0.6 is 22.3 Å². The Bertz CT molecular complexity index is 471. The van der Waals surface area contributed by atoms with Gasteiger partial charge < -0.3 is 0 Å². The van der Waals surface area contributed by atoms with Gasteiger partial charge in [-0.05, 0) is 12.8 Å². The Balaban J connectivity index is 2.59. The summed E-state index contributed by atoms with van der Waals surface area (Å²) in [5.74, 6) is 0.143. The van der Waals surface area contributed by atoms with Crippen molar-refractivity contribution in [3.8, 4) is 0 Å². The molecule has 0 aromatic carbocycles. The maximum atomic E-state index is 11.1. The van der Waals surface area contributed by atoms with Gasteiger partial charge in [-0.3, -0.25) is 0 Å². The molecule has 1 aliphatic rings. The monoisotopic (exact) mass is 252 g/mol. The highest BCUT2D eigenvalue weighted by Gasteiger charge is 2.32. The lowest BCUT2D eigenvalue weighted by atomic mass is 10.3. The zero-order valence-corrected chi connectivity index (χ0v) is 9.27. The summed E-state index contributed by atoms with van der Waals surface area (Å²) in [7, 11) is 1.40. The number of halogens is 2. The summed E-state index contributed by atoms with van der Waals surface area (Å²) in [6, 6.07) is 0. The lowest BCUT2D eigenvalue weighted by Gasteiger charge is -2.02. The molecule has 0 atom stereocenters. The van der Waals surface area contributed by atoms with Gasteiger partial charge >= 0.3 is 0 Å². The third kappa shape index (κ3) is 1.99. The van der Waals surface area contributed by atoms with Crippen molar-refractivity contribution in [1.29, 1.82) is 0 Å². The fraction of sp³-hybridized carbons (Fsp3) is 0.429. The second kappa shape index (κ2) is 3.32. The van der Waals surface area contributed by atoms with Crippen LogP contribution in [0.5, 0.6) is 0 Å². The van der Waals surface area contributed by atoms with Gasteiger partial charge in [0.25, 0.3) is 9.05 Å². The molecule has 2 rings (SSSR count). The lowest BCUT2D eigenvalue weighted by Crippen LogP contribution is -2.03. The van der Waals surface area contributed by atoms with E-state index in [0.29, 0.717) is 5.69 Å². The van der Waals surface area contributed by atoms with E-state index in [4.69, 9.17) is 22.3 Å². The van der Waals surface area contributed by atoms with E-state index in [9.17, 15) is 8.42 Å². The first kappa shape index (κ1) is 10.1. The highest BCUT2D eigenvalue weighted by molar-refractivity contribution is 8.13.